The largest absolute Gasteiger partial charge is 0.298 e. The molecule has 0 saturated carbocycles. The van der Waals surface area contributed by atoms with Crippen molar-refractivity contribution in [3.63, 3.8) is 0 Å². The van der Waals surface area contributed by atoms with Crippen molar-refractivity contribution in [1.82, 2.24) is 0 Å². The Bertz CT molecular complexity index is 220. The van der Waals surface area contributed by atoms with Gasteiger partial charge in [-0.1, -0.05) is 17.9 Å². The molecule has 1 nitrogen and oxygen atoms in total. The van der Waals surface area contributed by atoms with Crippen LogP contribution in [0.3, 0.4) is 0 Å². The second-order valence-corrected chi connectivity index (χ2v) is 3.76. The highest BCUT2D eigenvalue weighted by Crippen LogP contribution is 2.09. The SMILES string of the molecule is C=CCC(=O)CC#CC(C)(C)C. The van der Waals surface area contributed by atoms with Gasteiger partial charge >= 0.3 is 0 Å². The van der Waals surface area contributed by atoms with E-state index in [4.69, 9.17) is 0 Å². The van der Waals surface area contributed by atoms with E-state index in [2.05, 4.69) is 18.4 Å². The Labute approximate surface area is 74.9 Å². The number of ketones is 1. The number of Topliss-reactive ketones (excluding diaryl/α,β-unsaturated/α-hetero) is 1. The van der Waals surface area contributed by atoms with Crippen molar-refractivity contribution in [3.8, 4) is 11.8 Å². The lowest BCUT2D eigenvalue weighted by Crippen LogP contribution is -2.00. The second-order valence-electron chi connectivity index (χ2n) is 3.76. The molecule has 0 amide bonds. The van der Waals surface area contributed by atoms with Gasteiger partial charge in [-0.25, -0.2) is 0 Å². The highest BCUT2D eigenvalue weighted by atomic mass is 16.1. The first-order valence-corrected chi connectivity index (χ1v) is 4.08. The van der Waals surface area contributed by atoms with Crippen LogP contribution in [0.4, 0.5) is 0 Å². The summed E-state index contributed by atoms with van der Waals surface area (Å²) in [4.78, 5) is 11.0. The topological polar surface area (TPSA) is 17.1 Å². The number of hydrogen-bond acceptors (Lipinski definition) is 1. The monoisotopic (exact) mass is 164 g/mol. The normalized spacial score (nSPS) is 9.92. The Kier molecular flexibility index (Phi) is 4.36. The summed E-state index contributed by atoms with van der Waals surface area (Å²) < 4.78 is 0. The molecule has 0 rings (SSSR count). The first-order chi connectivity index (χ1) is 5.45. The Morgan fingerprint density at radius 2 is 2.08 bits per heavy atom. The van der Waals surface area contributed by atoms with E-state index in [0.717, 1.165) is 0 Å². The standard InChI is InChI=1S/C11H16O/c1-5-7-10(12)8-6-9-11(2,3)4/h5H,1,7-8H2,2-4H3. The van der Waals surface area contributed by atoms with Crippen LogP contribution < -0.4 is 0 Å². The maximum absolute atomic E-state index is 11.0. The van der Waals surface area contributed by atoms with E-state index in [9.17, 15) is 4.79 Å². The average Bonchev–Trinajstić information content (AvgIpc) is 1.84. The van der Waals surface area contributed by atoms with Gasteiger partial charge in [0.25, 0.3) is 0 Å². The lowest BCUT2D eigenvalue weighted by molar-refractivity contribution is -0.117. The molecule has 0 aliphatic heterocycles. The number of rotatable bonds is 3. The molecule has 0 radical (unpaired) electrons. The molecule has 0 aliphatic rings. The highest BCUT2D eigenvalue weighted by Gasteiger charge is 2.03. The summed E-state index contributed by atoms with van der Waals surface area (Å²) in [5, 5.41) is 0. The minimum atomic E-state index is -0.00550. The van der Waals surface area contributed by atoms with E-state index in [1.807, 2.05) is 20.8 Å². The van der Waals surface area contributed by atoms with E-state index in [-0.39, 0.29) is 11.2 Å². The molecule has 0 atom stereocenters. The van der Waals surface area contributed by atoms with Gasteiger partial charge in [-0.05, 0) is 20.8 Å². The zero-order valence-electron chi connectivity index (χ0n) is 8.11. The molecular formula is C11H16O. The number of allylic oxidation sites excluding steroid dienone is 1. The van der Waals surface area contributed by atoms with E-state index >= 15 is 0 Å². The Morgan fingerprint density at radius 3 is 2.50 bits per heavy atom. The van der Waals surface area contributed by atoms with Gasteiger partial charge in [0, 0.05) is 11.8 Å². The predicted octanol–water partition coefficient (Wildman–Crippen LogP) is 2.57. The maximum Gasteiger partial charge on any atom is 0.148 e. The molecule has 0 aromatic heterocycles. The van der Waals surface area contributed by atoms with Gasteiger partial charge in [0.15, 0.2) is 0 Å². The van der Waals surface area contributed by atoms with Crippen LogP contribution in [0.15, 0.2) is 12.7 Å². The van der Waals surface area contributed by atoms with Gasteiger partial charge in [-0.15, -0.1) is 6.58 Å². The fourth-order valence-electron chi connectivity index (χ4n) is 0.641. The quantitative estimate of drug-likeness (QED) is 0.463. The van der Waals surface area contributed by atoms with Crippen LogP contribution in [-0.2, 0) is 4.79 Å². The molecule has 12 heavy (non-hydrogen) atoms. The molecule has 0 aromatic rings. The van der Waals surface area contributed by atoms with E-state index in [1.54, 1.807) is 6.08 Å². The first-order valence-electron chi connectivity index (χ1n) is 4.08. The van der Waals surface area contributed by atoms with Gasteiger partial charge in [0.05, 0.1) is 6.42 Å². The zero-order chi connectivity index (χ0) is 9.61. The zero-order valence-corrected chi connectivity index (χ0v) is 8.11. The lowest BCUT2D eigenvalue weighted by Gasteiger charge is -2.06. The second kappa shape index (κ2) is 4.77. The lowest BCUT2D eigenvalue weighted by atomic mass is 9.97. The molecule has 0 aromatic carbocycles. The van der Waals surface area contributed by atoms with Crippen molar-refractivity contribution in [1.29, 1.82) is 0 Å². The van der Waals surface area contributed by atoms with E-state index in [1.165, 1.54) is 0 Å². The minimum absolute atomic E-state index is 0.00550. The van der Waals surface area contributed by atoms with Crippen molar-refractivity contribution in [3.05, 3.63) is 12.7 Å². The van der Waals surface area contributed by atoms with Gasteiger partial charge in [0.1, 0.15) is 5.78 Å². The smallest absolute Gasteiger partial charge is 0.148 e. The van der Waals surface area contributed by atoms with Crippen LogP contribution >= 0.6 is 0 Å². The van der Waals surface area contributed by atoms with Crippen LogP contribution in [-0.4, -0.2) is 5.78 Å². The van der Waals surface area contributed by atoms with Crippen LogP contribution in [0.25, 0.3) is 0 Å². The van der Waals surface area contributed by atoms with Gasteiger partial charge in [-0.3, -0.25) is 4.79 Å². The summed E-state index contributed by atoms with van der Waals surface area (Å²) in [6.45, 7) is 9.57. The van der Waals surface area contributed by atoms with Crippen molar-refractivity contribution < 1.29 is 4.79 Å². The van der Waals surface area contributed by atoms with Crippen molar-refractivity contribution in [2.45, 2.75) is 33.6 Å². The fraction of sp³-hybridized carbons (Fsp3) is 0.545. The van der Waals surface area contributed by atoms with Crippen molar-refractivity contribution in [2.75, 3.05) is 0 Å². The third-order valence-electron chi connectivity index (χ3n) is 1.12. The van der Waals surface area contributed by atoms with Crippen molar-refractivity contribution in [2.24, 2.45) is 5.41 Å². The molecule has 0 aliphatic carbocycles. The van der Waals surface area contributed by atoms with Crippen LogP contribution in [0.1, 0.15) is 33.6 Å². The Balaban J connectivity index is 3.87. The summed E-state index contributed by atoms with van der Waals surface area (Å²) >= 11 is 0. The maximum atomic E-state index is 11.0. The van der Waals surface area contributed by atoms with Crippen molar-refractivity contribution >= 4 is 5.78 Å². The average molecular weight is 164 g/mol. The molecule has 0 N–H and O–H groups in total. The van der Waals surface area contributed by atoms with E-state index in [0.29, 0.717) is 12.8 Å². The Morgan fingerprint density at radius 1 is 1.50 bits per heavy atom. The van der Waals surface area contributed by atoms with Gasteiger partial charge < -0.3 is 0 Å². The molecular weight excluding hydrogens is 148 g/mol. The fourth-order valence-corrected chi connectivity index (χ4v) is 0.641. The summed E-state index contributed by atoms with van der Waals surface area (Å²) in [5.74, 6) is 6.01. The summed E-state index contributed by atoms with van der Waals surface area (Å²) in [5.41, 5.74) is -0.00550. The summed E-state index contributed by atoms with van der Waals surface area (Å²) in [6, 6.07) is 0. The molecule has 0 saturated heterocycles. The summed E-state index contributed by atoms with van der Waals surface area (Å²) in [7, 11) is 0. The van der Waals surface area contributed by atoms with Gasteiger partial charge in [0.2, 0.25) is 0 Å². The predicted molar refractivity (Wildman–Crippen MR) is 51.7 cm³/mol. The number of carbonyl (C=O) groups is 1. The highest BCUT2D eigenvalue weighted by molar-refractivity contribution is 5.82. The number of carbonyl (C=O) groups excluding carboxylic acids is 1. The van der Waals surface area contributed by atoms with E-state index < -0.39 is 0 Å². The molecule has 0 heterocycles. The van der Waals surface area contributed by atoms with Crippen LogP contribution in [0.2, 0.25) is 0 Å². The van der Waals surface area contributed by atoms with Crippen LogP contribution in [0.5, 0.6) is 0 Å². The summed E-state index contributed by atoms with van der Waals surface area (Å²) in [6.07, 6.45) is 2.39. The molecule has 66 valence electrons. The Hall–Kier alpha value is -1.03. The molecule has 0 spiro atoms. The molecule has 0 unspecified atom stereocenters. The first kappa shape index (κ1) is 11.0. The third-order valence-corrected chi connectivity index (χ3v) is 1.12. The molecule has 1 heteroatoms. The minimum Gasteiger partial charge on any atom is -0.298 e. The third kappa shape index (κ3) is 7.08. The number of hydrogen-bond donors (Lipinski definition) is 0. The van der Waals surface area contributed by atoms with Gasteiger partial charge in [-0.2, -0.15) is 0 Å². The molecule has 0 bridgehead atoms. The van der Waals surface area contributed by atoms with Crippen LogP contribution in [0, 0.1) is 17.3 Å². The molecule has 0 fully saturated rings.